The predicted octanol–water partition coefficient (Wildman–Crippen LogP) is 2.72. The monoisotopic (exact) mass is 283 g/mol. The molecule has 0 heterocycles. The number of carbonyl (C=O) groups excluding carboxylic acids is 2. The van der Waals surface area contributed by atoms with E-state index in [0.717, 1.165) is 0 Å². The van der Waals surface area contributed by atoms with Gasteiger partial charge in [0.25, 0.3) is 5.91 Å². The molecule has 4 heteroatoms. The molecule has 2 aromatic rings. The van der Waals surface area contributed by atoms with Gasteiger partial charge in [-0.15, -0.1) is 0 Å². The lowest BCUT2D eigenvalue weighted by Crippen LogP contribution is -2.34. The fourth-order valence-electron chi connectivity index (χ4n) is 1.95. The summed E-state index contributed by atoms with van der Waals surface area (Å²) in [7, 11) is 0. The molecule has 2 aromatic carbocycles. The minimum absolute atomic E-state index is 0.267. The van der Waals surface area contributed by atoms with Crippen LogP contribution in [0.1, 0.15) is 28.9 Å². The van der Waals surface area contributed by atoms with Crippen molar-refractivity contribution < 1.29 is 14.3 Å². The van der Waals surface area contributed by atoms with E-state index < -0.39 is 12.0 Å². The molecule has 0 saturated carbocycles. The Labute approximate surface area is 123 Å². The van der Waals surface area contributed by atoms with Gasteiger partial charge >= 0.3 is 5.97 Å². The highest BCUT2D eigenvalue weighted by molar-refractivity contribution is 5.97. The molecular formula is C17H17NO3. The molecule has 0 unspecified atom stereocenters. The van der Waals surface area contributed by atoms with Gasteiger partial charge in [0.15, 0.2) is 6.04 Å². The van der Waals surface area contributed by atoms with Crippen LogP contribution in [-0.2, 0) is 9.53 Å². The Balaban J connectivity index is 2.20. The van der Waals surface area contributed by atoms with Crippen molar-refractivity contribution in [3.05, 3.63) is 71.8 Å². The van der Waals surface area contributed by atoms with E-state index in [1.54, 1.807) is 43.3 Å². The number of amides is 1. The maximum atomic E-state index is 12.2. The lowest BCUT2D eigenvalue weighted by atomic mass is 10.1. The number of ether oxygens (including phenoxy) is 1. The summed E-state index contributed by atoms with van der Waals surface area (Å²) in [6.45, 7) is 2.00. The van der Waals surface area contributed by atoms with Gasteiger partial charge in [-0.3, -0.25) is 4.79 Å². The molecule has 4 nitrogen and oxygen atoms in total. The lowest BCUT2D eigenvalue weighted by Gasteiger charge is -2.17. The number of benzene rings is 2. The molecule has 0 fully saturated rings. The predicted molar refractivity (Wildman–Crippen MR) is 79.7 cm³/mol. The molecule has 0 spiro atoms. The fraction of sp³-hybridized carbons (Fsp3) is 0.176. The highest BCUT2D eigenvalue weighted by Gasteiger charge is 2.24. The standard InChI is InChI=1S/C17H17NO3/c1-2-21-17(20)15(13-9-5-3-6-10-13)18-16(19)14-11-7-4-8-12-14/h3-12,15H,2H2,1H3,(H,18,19)/t15-/m0/s1. The summed E-state index contributed by atoms with van der Waals surface area (Å²) in [5.74, 6) is -0.773. The van der Waals surface area contributed by atoms with Gasteiger partial charge in [-0.05, 0) is 24.6 Å². The minimum atomic E-state index is -0.807. The third kappa shape index (κ3) is 3.92. The van der Waals surface area contributed by atoms with Crippen molar-refractivity contribution in [1.82, 2.24) is 5.32 Å². The Kier molecular flexibility index (Phi) is 5.10. The maximum absolute atomic E-state index is 12.2. The van der Waals surface area contributed by atoms with Crippen molar-refractivity contribution >= 4 is 11.9 Å². The second-order valence-corrected chi connectivity index (χ2v) is 4.44. The van der Waals surface area contributed by atoms with Crippen molar-refractivity contribution in [1.29, 1.82) is 0 Å². The van der Waals surface area contributed by atoms with Gasteiger partial charge in [0.05, 0.1) is 6.61 Å². The van der Waals surface area contributed by atoms with E-state index in [-0.39, 0.29) is 12.5 Å². The summed E-state index contributed by atoms with van der Waals surface area (Å²) in [6.07, 6.45) is 0. The number of carbonyl (C=O) groups is 2. The van der Waals surface area contributed by atoms with E-state index >= 15 is 0 Å². The van der Waals surface area contributed by atoms with Crippen molar-refractivity contribution in [2.45, 2.75) is 13.0 Å². The van der Waals surface area contributed by atoms with E-state index in [1.807, 2.05) is 24.3 Å². The summed E-state index contributed by atoms with van der Waals surface area (Å²) in [6, 6.07) is 17.0. The summed E-state index contributed by atoms with van der Waals surface area (Å²) in [4.78, 5) is 24.3. The second kappa shape index (κ2) is 7.24. The molecular weight excluding hydrogens is 266 g/mol. The van der Waals surface area contributed by atoms with Crippen LogP contribution in [0.2, 0.25) is 0 Å². The zero-order chi connectivity index (χ0) is 15.1. The highest BCUT2D eigenvalue weighted by atomic mass is 16.5. The Bertz CT molecular complexity index is 596. The van der Waals surface area contributed by atoms with E-state index in [1.165, 1.54) is 0 Å². The summed E-state index contributed by atoms with van der Waals surface area (Å²) < 4.78 is 5.04. The van der Waals surface area contributed by atoms with Crippen LogP contribution in [0.25, 0.3) is 0 Å². The third-order valence-electron chi connectivity index (χ3n) is 2.97. The first-order chi connectivity index (χ1) is 10.2. The van der Waals surface area contributed by atoms with Crippen LogP contribution < -0.4 is 5.32 Å². The minimum Gasteiger partial charge on any atom is -0.464 e. The number of esters is 1. The van der Waals surface area contributed by atoms with Gasteiger partial charge in [0.1, 0.15) is 0 Å². The first-order valence-corrected chi connectivity index (χ1v) is 6.80. The Morgan fingerprint density at radius 3 is 2.14 bits per heavy atom. The van der Waals surface area contributed by atoms with Crippen LogP contribution in [0.4, 0.5) is 0 Å². The van der Waals surface area contributed by atoms with Crippen molar-refractivity contribution in [2.75, 3.05) is 6.61 Å². The van der Waals surface area contributed by atoms with Crippen LogP contribution in [0, 0.1) is 0 Å². The smallest absolute Gasteiger partial charge is 0.333 e. The van der Waals surface area contributed by atoms with Gasteiger partial charge in [-0.2, -0.15) is 0 Å². The van der Waals surface area contributed by atoms with E-state index in [0.29, 0.717) is 11.1 Å². The van der Waals surface area contributed by atoms with Crippen LogP contribution in [-0.4, -0.2) is 18.5 Å². The fourth-order valence-corrected chi connectivity index (χ4v) is 1.95. The summed E-state index contributed by atoms with van der Waals surface area (Å²) in [5.41, 5.74) is 1.20. The van der Waals surface area contributed by atoms with Crippen molar-refractivity contribution in [2.24, 2.45) is 0 Å². The summed E-state index contributed by atoms with van der Waals surface area (Å²) >= 11 is 0. The first kappa shape index (κ1) is 14.8. The molecule has 1 N–H and O–H groups in total. The number of hydrogen-bond acceptors (Lipinski definition) is 3. The van der Waals surface area contributed by atoms with Crippen LogP contribution in [0.15, 0.2) is 60.7 Å². The van der Waals surface area contributed by atoms with Crippen LogP contribution >= 0.6 is 0 Å². The summed E-state index contributed by atoms with van der Waals surface area (Å²) in [5, 5.41) is 2.72. The lowest BCUT2D eigenvalue weighted by molar-refractivity contribution is -0.145. The largest absolute Gasteiger partial charge is 0.464 e. The van der Waals surface area contributed by atoms with Gasteiger partial charge in [-0.25, -0.2) is 4.79 Å². The maximum Gasteiger partial charge on any atom is 0.333 e. The molecule has 1 amide bonds. The van der Waals surface area contributed by atoms with Gasteiger partial charge < -0.3 is 10.1 Å². The zero-order valence-electron chi connectivity index (χ0n) is 11.8. The zero-order valence-corrected chi connectivity index (χ0v) is 11.8. The topological polar surface area (TPSA) is 55.4 Å². The molecule has 2 rings (SSSR count). The van der Waals surface area contributed by atoms with Crippen molar-refractivity contribution in [3.8, 4) is 0 Å². The molecule has 0 radical (unpaired) electrons. The third-order valence-corrected chi connectivity index (χ3v) is 2.97. The quantitative estimate of drug-likeness (QED) is 0.858. The van der Waals surface area contributed by atoms with Gasteiger partial charge in [0, 0.05) is 5.56 Å². The molecule has 108 valence electrons. The first-order valence-electron chi connectivity index (χ1n) is 6.80. The van der Waals surface area contributed by atoms with Gasteiger partial charge in [0.2, 0.25) is 0 Å². The molecule has 0 aromatic heterocycles. The molecule has 0 bridgehead atoms. The van der Waals surface area contributed by atoms with Crippen molar-refractivity contribution in [3.63, 3.8) is 0 Å². The Hall–Kier alpha value is -2.62. The molecule has 0 aliphatic heterocycles. The number of rotatable bonds is 5. The van der Waals surface area contributed by atoms with Crippen LogP contribution in [0.5, 0.6) is 0 Å². The Morgan fingerprint density at radius 2 is 1.57 bits per heavy atom. The molecule has 0 saturated heterocycles. The number of nitrogens with one attached hydrogen (secondary N) is 1. The van der Waals surface area contributed by atoms with E-state index in [4.69, 9.17) is 4.74 Å². The SMILES string of the molecule is CCOC(=O)[C@@H](NC(=O)c1ccccc1)c1ccccc1. The average molecular weight is 283 g/mol. The molecule has 0 aliphatic carbocycles. The molecule has 1 atom stereocenters. The number of hydrogen-bond donors (Lipinski definition) is 1. The second-order valence-electron chi connectivity index (χ2n) is 4.44. The normalized spacial score (nSPS) is 11.5. The van der Waals surface area contributed by atoms with Gasteiger partial charge in [-0.1, -0.05) is 48.5 Å². The van der Waals surface area contributed by atoms with Crippen LogP contribution in [0.3, 0.4) is 0 Å². The Morgan fingerprint density at radius 1 is 1.00 bits per heavy atom. The van der Waals surface area contributed by atoms with E-state index in [9.17, 15) is 9.59 Å². The molecule has 0 aliphatic rings. The molecule has 21 heavy (non-hydrogen) atoms. The van der Waals surface area contributed by atoms with E-state index in [2.05, 4.69) is 5.32 Å². The highest BCUT2D eigenvalue weighted by Crippen LogP contribution is 2.15. The average Bonchev–Trinajstić information content (AvgIpc) is 2.54.